The van der Waals surface area contributed by atoms with E-state index in [0.29, 0.717) is 11.8 Å². The molecule has 3 aliphatic rings. The molecule has 6 nitrogen and oxygen atoms in total. The summed E-state index contributed by atoms with van der Waals surface area (Å²) in [5, 5.41) is 6.81. The Morgan fingerprint density at radius 1 is 1.19 bits per heavy atom. The van der Waals surface area contributed by atoms with Gasteiger partial charge in [-0.25, -0.2) is 4.39 Å². The lowest BCUT2D eigenvalue weighted by molar-refractivity contribution is -0.139. The minimum Gasteiger partial charge on any atom is -0.356 e. The fourth-order valence-electron chi connectivity index (χ4n) is 4.45. The summed E-state index contributed by atoms with van der Waals surface area (Å²) >= 11 is 0. The minimum atomic E-state index is -0.171. The molecule has 0 radical (unpaired) electrons. The van der Waals surface area contributed by atoms with Crippen molar-refractivity contribution in [2.75, 3.05) is 52.9 Å². The van der Waals surface area contributed by atoms with Gasteiger partial charge in [0.05, 0.1) is 0 Å². The van der Waals surface area contributed by atoms with Crippen LogP contribution >= 0.6 is 24.0 Å². The Kier molecular flexibility index (Phi) is 8.55. The molecule has 0 aromatic heterocycles. The standard InChI is InChI=1S/C23H34FN5O.HI/c1-25-22(27-17-23(8-9-23)19-6-3-7-20(24)16-19)26-10-11-28-12-14-29(15-13-28)21(30)18-4-2-5-18;/h3,6-7,16,18H,2,4-5,8-15,17H2,1H3,(H2,25,26,27);1H. The van der Waals surface area contributed by atoms with E-state index >= 15 is 0 Å². The molecule has 3 fully saturated rings. The fraction of sp³-hybridized carbons (Fsp3) is 0.652. The molecule has 1 heterocycles. The summed E-state index contributed by atoms with van der Waals surface area (Å²) in [6, 6.07) is 6.96. The molecule has 1 aromatic rings. The van der Waals surface area contributed by atoms with E-state index in [1.165, 1.54) is 12.5 Å². The van der Waals surface area contributed by atoms with E-state index in [9.17, 15) is 9.18 Å². The van der Waals surface area contributed by atoms with Gasteiger partial charge in [0.25, 0.3) is 0 Å². The summed E-state index contributed by atoms with van der Waals surface area (Å²) in [4.78, 5) is 21.1. The highest BCUT2D eigenvalue weighted by Crippen LogP contribution is 2.47. The largest absolute Gasteiger partial charge is 0.356 e. The van der Waals surface area contributed by atoms with Gasteiger partial charge in [0.2, 0.25) is 5.91 Å². The molecule has 4 rings (SSSR count). The highest BCUT2D eigenvalue weighted by Gasteiger charge is 2.44. The molecular formula is C23H35FIN5O. The number of carbonyl (C=O) groups is 1. The number of guanidine groups is 1. The van der Waals surface area contributed by atoms with E-state index in [0.717, 1.165) is 83.0 Å². The number of nitrogens with zero attached hydrogens (tertiary/aromatic N) is 3. The second-order valence-corrected chi connectivity index (χ2v) is 8.94. The number of hydrogen-bond donors (Lipinski definition) is 2. The van der Waals surface area contributed by atoms with E-state index in [4.69, 9.17) is 0 Å². The first kappa shape index (κ1) is 24.2. The third-order valence-corrected chi connectivity index (χ3v) is 6.97. The minimum absolute atomic E-state index is 0. The molecule has 1 saturated heterocycles. The maximum absolute atomic E-state index is 13.6. The van der Waals surface area contributed by atoms with Crippen LogP contribution in [0.3, 0.4) is 0 Å². The topological polar surface area (TPSA) is 60.0 Å². The molecule has 2 N–H and O–H groups in total. The Labute approximate surface area is 202 Å². The second-order valence-electron chi connectivity index (χ2n) is 8.94. The smallest absolute Gasteiger partial charge is 0.225 e. The molecule has 2 saturated carbocycles. The van der Waals surface area contributed by atoms with Crippen molar-refractivity contribution in [3.05, 3.63) is 35.6 Å². The predicted octanol–water partition coefficient (Wildman–Crippen LogP) is 2.58. The van der Waals surface area contributed by atoms with Crippen molar-refractivity contribution in [2.24, 2.45) is 10.9 Å². The Morgan fingerprint density at radius 3 is 2.52 bits per heavy atom. The number of benzene rings is 1. The van der Waals surface area contributed by atoms with Gasteiger partial charge in [-0.1, -0.05) is 18.6 Å². The van der Waals surface area contributed by atoms with Crippen LogP contribution in [0.4, 0.5) is 4.39 Å². The monoisotopic (exact) mass is 543 g/mol. The van der Waals surface area contributed by atoms with Gasteiger partial charge >= 0.3 is 0 Å². The van der Waals surface area contributed by atoms with Crippen LogP contribution in [0.1, 0.15) is 37.7 Å². The van der Waals surface area contributed by atoms with Gasteiger partial charge in [0.15, 0.2) is 5.96 Å². The molecule has 1 aromatic carbocycles. The average molecular weight is 543 g/mol. The van der Waals surface area contributed by atoms with Gasteiger partial charge in [0, 0.05) is 64.2 Å². The average Bonchev–Trinajstić information content (AvgIpc) is 3.51. The van der Waals surface area contributed by atoms with Crippen molar-refractivity contribution in [1.29, 1.82) is 0 Å². The molecule has 31 heavy (non-hydrogen) atoms. The van der Waals surface area contributed by atoms with Crippen molar-refractivity contribution < 1.29 is 9.18 Å². The Hall–Kier alpha value is -1.42. The van der Waals surface area contributed by atoms with Crippen LogP contribution in [-0.2, 0) is 10.2 Å². The summed E-state index contributed by atoms with van der Waals surface area (Å²) in [5.74, 6) is 1.29. The summed E-state index contributed by atoms with van der Waals surface area (Å²) in [6.07, 6.45) is 5.51. The maximum atomic E-state index is 13.6. The van der Waals surface area contributed by atoms with E-state index < -0.39 is 0 Å². The van der Waals surface area contributed by atoms with Gasteiger partial charge in [0.1, 0.15) is 5.82 Å². The number of nitrogens with one attached hydrogen (secondary N) is 2. The van der Waals surface area contributed by atoms with Crippen LogP contribution in [0.5, 0.6) is 0 Å². The van der Waals surface area contributed by atoms with Crippen LogP contribution in [0, 0.1) is 11.7 Å². The first-order valence-electron chi connectivity index (χ1n) is 11.3. The zero-order valence-electron chi connectivity index (χ0n) is 18.4. The van der Waals surface area contributed by atoms with Crippen LogP contribution in [0.25, 0.3) is 0 Å². The molecule has 0 spiro atoms. The lowest BCUT2D eigenvalue weighted by Crippen LogP contribution is -2.52. The zero-order chi connectivity index (χ0) is 21.0. The van der Waals surface area contributed by atoms with Crippen molar-refractivity contribution in [3.8, 4) is 0 Å². The van der Waals surface area contributed by atoms with Gasteiger partial charge in [-0.15, -0.1) is 24.0 Å². The molecule has 2 aliphatic carbocycles. The summed E-state index contributed by atoms with van der Waals surface area (Å²) < 4.78 is 13.6. The first-order chi connectivity index (χ1) is 14.6. The quantitative estimate of drug-likeness (QED) is 0.316. The van der Waals surface area contributed by atoms with Gasteiger partial charge < -0.3 is 15.5 Å². The lowest BCUT2D eigenvalue weighted by atomic mass is 9.84. The van der Waals surface area contributed by atoms with Crippen molar-refractivity contribution in [1.82, 2.24) is 20.4 Å². The molecule has 0 unspecified atom stereocenters. The highest BCUT2D eigenvalue weighted by molar-refractivity contribution is 14.0. The first-order valence-corrected chi connectivity index (χ1v) is 11.3. The Morgan fingerprint density at radius 2 is 1.94 bits per heavy atom. The predicted molar refractivity (Wildman–Crippen MR) is 132 cm³/mol. The van der Waals surface area contributed by atoms with E-state index in [1.54, 1.807) is 19.2 Å². The van der Waals surface area contributed by atoms with Crippen LogP contribution in [0.15, 0.2) is 29.3 Å². The number of amides is 1. The Bertz CT molecular complexity index is 773. The van der Waals surface area contributed by atoms with Crippen molar-refractivity contribution in [3.63, 3.8) is 0 Å². The molecule has 1 aliphatic heterocycles. The van der Waals surface area contributed by atoms with Crippen LogP contribution < -0.4 is 10.6 Å². The summed E-state index contributed by atoms with van der Waals surface area (Å²) in [5.41, 5.74) is 1.10. The zero-order valence-corrected chi connectivity index (χ0v) is 20.7. The lowest BCUT2D eigenvalue weighted by Gasteiger charge is -2.38. The Balaban J connectivity index is 0.00000272. The number of piperazine rings is 1. The van der Waals surface area contributed by atoms with Gasteiger partial charge in [-0.05, 0) is 43.4 Å². The van der Waals surface area contributed by atoms with Gasteiger partial charge in [-0.3, -0.25) is 14.7 Å². The van der Waals surface area contributed by atoms with Crippen molar-refractivity contribution in [2.45, 2.75) is 37.5 Å². The molecule has 8 heteroatoms. The number of rotatable bonds is 7. The van der Waals surface area contributed by atoms with E-state index in [-0.39, 0.29) is 35.2 Å². The van der Waals surface area contributed by atoms with Gasteiger partial charge in [-0.2, -0.15) is 0 Å². The van der Waals surface area contributed by atoms with Crippen molar-refractivity contribution >= 4 is 35.8 Å². The normalized spacial score (nSPS) is 21.1. The number of hydrogen-bond acceptors (Lipinski definition) is 3. The summed E-state index contributed by atoms with van der Waals surface area (Å²) in [6.45, 7) is 6.07. The number of halogens is 2. The third kappa shape index (κ3) is 6.09. The van der Waals surface area contributed by atoms with E-state index in [2.05, 4.69) is 25.4 Å². The molecular weight excluding hydrogens is 508 g/mol. The van der Waals surface area contributed by atoms with Crippen LogP contribution in [0.2, 0.25) is 0 Å². The number of aliphatic imine (C=N–C) groups is 1. The molecule has 0 atom stereocenters. The highest BCUT2D eigenvalue weighted by atomic mass is 127. The number of carbonyl (C=O) groups excluding carboxylic acids is 1. The maximum Gasteiger partial charge on any atom is 0.225 e. The van der Waals surface area contributed by atoms with Crippen LogP contribution in [-0.4, -0.2) is 74.5 Å². The fourth-order valence-corrected chi connectivity index (χ4v) is 4.45. The SMILES string of the molecule is CN=C(NCCN1CCN(C(=O)C2CCC2)CC1)NCC1(c2cccc(F)c2)CC1.I. The molecule has 172 valence electrons. The molecule has 0 bridgehead atoms. The van der Waals surface area contributed by atoms with E-state index in [1.807, 2.05) is 6.07 Å². The molecule has 1 amide bonds. The third-order valence-electron chi connectivity index (χ3n) is 6.97. The second kappa shape index (κ2) is 10.9. The summed E-state index contributed by atoms with van der Waals surface area (Å²) in [7, 11) is 1.78.